The number of esters is 1. The predicted molar refractivity (Wildman–Crippen MR) is 105 cm³/mol. The summed E-state index contributed by atoms with van der Waals surface area (Å²) in [5, 5.41) is 0.770. The van der Waals surface area contributed by atoms with Crippen LogP contribution in [0.15, 0.2) is 24.3 Å². The van der Waals surface area contributed by atoms with Crippen molar-refractivity contribution in [3.05, 3.63) is 35.5 Å². The van der Waals surface area contributed by atoms with E-state index >= 15 is 0 Å². The van der Waals surface area contributed by atoms with Crippen LogP contribution in [-0.4, -0.2) is 46.1 Å². The summed E-state index contributed by atoms with van der Waals surface area (Å²) in [5.74, 6) is -2.26. The van der Waals surface area contributed by atoms with Crippen molar-refractivity contribution in [3.63, 3.8) is 0 Å². The molecule has 2 amide bonds. The van der Waals surface area contributed by atoms with Crippen LogP contribution in [0.4, 0.5) is 0 Å². The van der Waals surface area contributed by atoms with Crippen molar-refractivity contribution in [2.24, 2.45) is 11.8 Å². The van der Waals surface area contributed by atoms with Gasteiger partial charge >= 0.3 is 5.97 Å². The summed E-state index contributed by atoms with van der Waals surface area (Å²) in [6.45, 7) is 2.87. The first kappa shape index (κ1) is 19.4. The van der Waals surface area contributed by atoms with Gasteiger partial charge in [-0.15, -0.1) is 0 Å². The summed E-state index contributed by atoms with van der Waals surface area (Å²) in [6.07, 6.45) is 2.21. The van der Waals surface area contributed by atoms with E-state index in [1.807, 2.05) is 24.3 Å². The predicted octanol–water partition coefficient (Wildman–Crippen LogP) is 2.77. The number of likely N-dealkylation sites (tertiary alicyclic amines) is 1. The highest BCUT2D eigenvalue weighted by Gasteiger charge is 2.48. The molecule has 1 aromatic heterocycles. The van der Waals surface area contributed by atoms with Crippen LogP contribution < -0.4 is 0 Å². The molecule has 2 fully saturated rings. The molecular weight excluding hydrogens is 372 g/mol. The number of aromatic nitrogens is 1. The topological polar surface area (TPSA) is 96.5 Å². The van der Waals surface area contributed by atoms with Crippen LogP contribution in [0.5, 0.6) is 0 Å². The van der Waals surface area contributed by atoms with Gasteiger partial charge in [0.1, 0.15) is 6.54 Å². The molecule has 7 heteroatoms. The van der Waals surface area contributed by atoms with Crippen LogP contribution in [-0.2, 0) is 19.1 Å². The van der Waals surface area contributed by atoms with E-state index in [0.29, 0.717) is 24.1 Å². The Balaban J connectivity index is 1.44. The van der Waals surface area contributed by atoms with Gasteiger partial charge < -0.3 is 9.72 Å². The van der Waals surface area contributed by atoms with Crippen molar-refractivity contribution in [1.29, 1.82) is 0 Å². The molecule has 152 valence electrons. The summed E-state index contributed by atoms with van der Waals surface area (Å²) in [7, 11) is 0. The highest BCUT2D eigenvalue weighted by Crippen LogP contribution is 2.37. The average molecular weight is 396 g/mol. The highest BCUT2D eigenvalue weighted by atomic mass is 16.5. The van der Waals surface area contributed by atoms with Crippen molar-refractivity contribution in [3.8, 4) is 0 Å². The van der Waals surface area contributed by atoms with Crippen LogP contribution in [0.2, 0.25) is 0 Å². The number of carbonyl (C=O) groups is 4. The number of amides is 2. The fourth-order valence-electron chi connectivity index (χ4n) is 4.60. The molecule has 0 radical (unpaired) electrons. The van der Waals surface area contributed by atoms with Gasteiger partial charge in [0.25, 0.3) is 0 Å². The monoisotopic (exact) mass is 396 g/mol. The quantitative estimate of drug-likeness (QED) is 0.476. The van der Waals surface area contributed by atoms with Gasteiger partial charge in [-0.3, -0.25) is 24.1 Å². The molecule has 1 aliphatic heterocycles. The zero-order valence-corrected chi connectivity index (χ0v) is 16.6. The average Bonchev–Trinajstić information content (AvgIpc) is 3.16. The number of ketones is 1. The third-order valence-corrected chi connectivity index (χ3v) is 6.04. The number of carbonyl (C=O) groups excluding carboxylic acids is 4. The number of nitrogens with zero attached hydrogens (tertiary/aromatic N) is 1. The second kappa shape index (κ2) is 7.46. The normalized spacial score (nSPS) is 22.6. The number of para-hydroxylation sites is 1. The standard InChI is InChI=1S/C22H24N2O5/c1-12-19(16-9-5-6-10-17(16)23-12)20(26)13(2)29-18(25)11-24-21(27)14-7-3-4-8-15(14)22(24)28/h5-6,9-10,13-15,23H,3-4,7-8,11H2,1-2H3/t13-,14+,15+/m0/s1. The second-order valence-corrected chi connectivity index (χ2v) is 7.93. The fraction of sp³-hybridized carbons (Fsp3) is 0.455. The first-order valence-electron chi connectivity index (χ1n) is 10.0. The third-order valence-electron chi connectivity index (χ3n) is 6.04. The first-order valence-corrected chi connectivity index (χ1v) is 10.0. The molecule has 4 rings (SSSR count). The Morgan fingerprint density at radius 3 is 2.41 bits per heavy atom. The molecule has 1 aliphatic carbocycles. The zero-order valence-electron chi connectivity index (χ0n) is 16.6. The van der Waals surface area contributed by atoms with Crippen LogP contribution in [0.3, 0.4) is 0 Å². The Morgan fingerprint density at radius 1 is 1.14 bits per heavy atom. The number of benzene rings is 1. The molecule has 1 N–H and O–H groups in total. The van der Waals surface area contributed by atoms with Crippen LogP contribution in [0, 0.1) is 18.8 Å². The summed E-state index contributed by atoms with van der Waals surface area (Å²) in [6, 6.07) is 7.43. The van der Waals surface area contributed by atoms with E-state index in [0.717, 1.165) is 28.6 Å². The van der Waals surface area contributed by atoms with Crippen LogP contribution >= 0.6 is 0 Å². The molecule has 1 saturated heterocycles. The number of rotatable bonds is 5. The summed E-state index contributed by atoms with van der Waals surface area (Å²) in [4.78, 5) is 54.5. The summed E-state index contributed by atoms with van der Waals surface area (Å²) >= 11 is 0. The lowest BCUT2D eigenvalue weighted by atomic mass is 9.81. The minimum Gasteiger partial charge on any atom is -0.453 e. The fourth-order valence-corrected chi connectivity index (χ4v) is 4.60. The van der Waals surface area contributed by atoms with E-state index in [9.17, 15) is 19.2 Å². The second-order valence-electron chi connectivity index (χ2n) is 7.93. The molecule has 29 heavy (non-hydrogen) atoms. The molecule has 0 unspecified atom stereocenters. The van der Waals surface area contributed by atoms with Gasteiger partial charge in [-0.25, -0.2) is 0 Å². The van der Waals surface area contributed by atoms with Gasteiger partial charge in [0.15, 0.2) is 6.10 Å². The number of aryl methyl sites for hydroxylation is 1. The number of ether oxygens (including phenoxy) is 1. The van der Waals surface area contributed by atoms with Crippen molar-refractivity contribution < 1.29 is 23.9 Å². The lowest BCUT2D eigenvalue weighted by molar-refractivity contribution is -0.154. The lowest BCUT2D eigenvalue weighted by Gasteiger charge is -2.19. The molecular formula is C22H24N2O5. The van der Waals surface area contributed by atoms with E-state index < -0.39 is 18.6 Å². The molecule has 7 nitrogen and oxygen atoms in total. The molecule has 2 heterocycles. The number of hydrogen-bond acceptors (Lipinski definition) is 5. The SMILES string of the molecule is Cc1[nH]c2ccccc2c1C(=O)[C@H](C)OC(=O)CN1C(=O)[C@@H]2CCCC[C@H]2C1=O. The van der Waals surface area contributed by atoms with Gasteiger partial charge in [-0.2, -0.15) is 0 Å². The largest absolute Gasteiger partial charge is 0.453 e. The van der Waals surface area contributed by atoms with Gasteiger partial charge in [0.2, 0.25) is 17.6 Å². The molecule has 1 saturated carbocycles. The maximum absolute atomic E-state index is 12.9. The molecule has 0 bridgehead atoms. The molecule has 1 aromatic carbocycles. The van der Waals surface area contributed by atoms with Gasteiger partial charge in [-0.05, 0) is 32.8 Å². The Kier molecular flexibility index (Phi) is 4.98. The number of H-pyrrole nitrogens is 1. The Labute approximate surface area is 168 Å². The van der Waals surface area contributed by atoms with Crippen molar-refractivity contribution >= 4 is 34.5 Å². The van der Waals surface area contributed by atoms with E-state index in [-0.39, 0.29) is 29.4 Å². The van der Waals surface area contributed by atoms with Gasteiger partial charge in [0, 0.05) is 22.2 Å². The van der Waals surface area contributed by atoms with E-state index in [4.69, 9.17) is 4.74 Å². The molecule has 2 aliphatic rings. The van der Waals surface area contributed by atoms with Crippen LogP contribution in [0.1, 0.15) is 48.7 Å². The molecule has 3 atom stereocenters. The number of aromatic amines is 1. The molecule has 0 spiro atoms. The maximum atomic E-state index is 12.9. The molecule has 2 aromatic rings. The van der Waals surface area contributed by atoms with E-state index in [1.54, 1.807) is 6.92 Å². The minimum atomic E-state index is -1.02. The highest BCUT2D eigenvalue weighted by molar-refractivity contribution is 6.12. The first-order chi connectivity index (χ1) is 13.9. The van der Waals surface area contributed by atoms with Crippen LogP contribution in [0.25, 0.3) is 10.9 Å². The van der Waals surface area contributed by atoms with Crippen molar-refractivity contribution in [2.75, 3.05) is 6.54 Å². The van der Waals surface area contributed by atoms with Gasteiger partial charge in [-0.1, -0.05) is 31.0 Å². The number of imide groups is 1. The zero-order chi connectivity index (χ0) is 20.7. The smallest absolute Gasteiger partial charge is 0.326 e. The Bertz CT molecular complexity index is 984. The third kappa shape index (κ3) is 3.34. The maximum Gasteiger partial charge on any atom is 0.326 e. The van der Waals surface area contributed by atoms with Gasteiger partial charge in [0.05, 0.1) is 11.8 Å². The van der Waals surface area contributed by atoms with Crippen molar-refractivity contribution in [2.45, 2.75) is 45.6 Å². The number of hydrogen-bond donors (Lipinski definition) is 1. The Morgan fingerprint density at radius 2 is 1.76 bits per heavy atom. The number of Topliss-reactive ketones (excluding diaryl/α,β-unsaturated/α-hetero) is 1. The van der Waals surface area contributed by atoms with Crippen molar-refractivity contribution in [1.82, 2.24) is 9.88 Å². The summed E-state index contributed by atoms with van der Waals surface area (Å²) < 4.78 is 5.30. The lowest BCUT2D eigenvalue weighted by Crippen LogP contribution is -2.38. The van der Waals surface area contributed by atoms with E-state index in [2.05, 4.69) is 4.98 Å². The number of nitrogens with one attached hydrogen (secondary N) is 1. The minimum absolute atomic E-state index is 0.289. The Hall–Kier alpha value is -2.96. The number of fused-ring (bicyclic) bond motifs is 2. The summed E-state index contributed by atoms with van der Waals surface area (Å²) in [5.41, 5.74) is 2.02. The van der Waals surface area contributed by atoms with E-state index in [1.165, 1.54) is 6.92 Å².